The number of ether oxygens (including phenoxy) is 3. The Labute approximate surface area is 161 Å². The first-order valence-electron chi connectivity index (χ1n) is 8.91. The van der Waals surface area contributed by atoms with Crippen molar-refractivity contribution >= 4 is 22.9 Å². The molecule has 2 atom stereocenters. The second kappa shape index (κ2) is 7.14. The molecule has 2 heterocycles. The monoisotopic (exact) mass is 386 g/mol. The number of allylic oxidation sites excluding steroid dienone is 1. The van der Waals surface area contributed by atoms with Crippen LogP contribution in [-0.4, -0.2) is 23.6 Å². The minimum absolute atomic E-state index is 0.280. The molecule has 0 fully saturated rings. The first-order chi connectivity index (χ1) is 13.1. The van der Waals surface area contributed by atoms with Gasteiger partial charge in [0.15, 0.2) is 12.2 Å². The van der Waals surface area contributed by atoms with E-state index in [-0.39, 0.29) is 5.58 Å². The van der Waals surface area contributed by atoms with Gasteiger partial charge in [-0.3, -0.25) is 4.79 Å². The molecule has 0 spiro atoms. The zero-order valence-corrected chi connectivity index (χ0v) is 16.4. The summed E-state index contributed by atoms with van der Waals surface area (Å²) in [4.78, 5) is 35.9. The van der Waals surface area contributed by atoms with Crippen LogP contribution in [0.15, 0.2) is 45.1 Å². The zero-order chi connectivity index (χ0) is 20.6. The van der Waals surface area contributed by atoms with Gasteiger partial charge in [0.1, 0.15) is 16.9 Å². The summed E-state index contributed by atoms with van der Waals surface area (Å²) in [5, 5.41) is 0.664. The van der Waals surface area contributed by atoms with Gasteiger partial charge in [-0.2, -0.15) is 0 Å². The van der Waals surface area contributed by atoms with Crippen molar-refractivity contribution < 1.29 is 28.2 Å². The topological polar surface area (TPSA) is 92.0 Å². The molecule has 0 aliphatic carbocycles. The molecule has 148 valence electrons. The molecule has 0 radical (unpaired) electrons. The third kappa shape index (κ3) is 3.52. The van der Waals surface area contributed by atoms with Crippen LogP contribution >= 0.6 is 0 Å². The van der Waals surface area contributed by atoms with Crippen LogP contribution in [-0.2, 0) is 19.1 Å². The summed E-state index contributed by atoms with van der Waals surface area (Å²) in [7, 11) is 0. The highest BCUT2D eigenvalue weighted by atomic mass is 16.6. The molecule has 3 rings (SSSR count). The molecule has 0 saturated carbocycles. The smallest absolute Gasteiger partial charge is 0.336 e. The molecule has 0 N–H and O–H groups in total. The maximum Gasteiger partial charge on any atom is 0.336 e. The van der Waals surface area contributed by atoms with Gasteiger partial charge < -0.3 is 18.6 Å². The van der Waals surface area contributed by atoms with Gasteiger partial charge in [-0.15, -0.1) is 0 Å². The molecule has 1 aromatic heterocycles. The van der Waals surface area contributed by atoms with Crippen molar-refractivity contribution in [2.45, 2.75) is 52.4 Å². The van der Waals surface area contributed by atoms with Crippen LogP contribution in [0.5, 0.6) is 5.75 Å². The molecular weight excluding hydrogens is 364 g/mol. The minimum Gasteiger partial charge on any atom is -0.481 e. The Morgan fingerprint density at radius 1 is 1.14 bits per heavy atom. The molecule has 7 heteroatoms. The fourth-order valence-electron chi connectivity index (χ4n) is 3.24. The highest BCUT2D eigenvalue weighted by molar-refractivity contribution is 5.89. The summed E-state index contributed by atoms with van der Waals surface area (Å²) in [6.45, 7) is 8.00. The molecule has 28 heavy (non-hydrogen) atoms. The number of rotatable bonds is 4. The number of benzene rings is 1. The molecule has 7 nitrogen and oxygen atoms in total. The van der Waals surface area contributed by atoms with Crippen LogP contribution in [0.4, 0.5) is 0 Å². The summed E-state index contributed by atoms with van der Waals surface area (Å²) >= 11 is 0. The van der Waals surface area contributed by atoms with E-state index < -0.39 is 35.4 Å². The van der Waals surface area contributed by atoms with Gasteiger partial charge in [-0.1, -0.05) is 6.08 Å². The number of hydrogen-bond donors (Lipinski definition) is 0. The Balaban J connectivity index is 2.16. The molecule has 0 amide bonds. The highest BCUT2D eigenvalue weighted by Gasteiger charge is 2.50. The number of hydrogen-bond acceptors (Lipinski definition) is 7. The fraction of sp³-hybridized carbons (Fsp3) is 0.381. The predicted molar refractivity (Wildman–Crippen MR) is 101 cm³/mol. The largest absolute Gasteiger partial charge is 0.481 e. The van der Waals surface area contributed by atoms with E-state index in [1.165, 1.54) is 13.0 Å². The van der Waals surface area contributed by atoms with Crippen LogP contribution in [0.25, 0.3) is 11.0 Å². The lowest BCUT2D eigenvalue weighted by Crippen LogP contribution is -2.46. The van der Waals surface area contributed by atoms with E-state index in [1.807, 2.05) is 0 Å². The van der Waals surface area contributed by atoms with Crippen molar-refractivity contribution in [1.82, 2.24) is 0 Å². The Morgan fingerprint density at radius 3 is 2.46 bits per heavy atom. The van der Waals surface area contributed by atoms with E-state index in [1.54, 1.807) is 52.0 Å². The number of esters is 2. The first kappa shape index (κ1) is 19.7. The average Bonchev–Trinajstić information content (AvgIpc) is 2.99. The lowest BCUT2D eigenvalue weighted by Gasteiger charge is -2.33. The SMILES string of the molecule is C/C=C(/C)C(=O)O[C@H]1c2c(ccc3ccc(=O)oc23)O[C@H]1C(C)(C)OC(C)=O. The third-order valence-electron chi connectivity index (χ3n) is 4.68. The predicted octanol–water partition coefficient (Wildman–Crippen LogP) is 3.45. The van der Waals surface area contributed by atoms with E-state index in [9.17, 15) is 14.4 Å². The number of carbonyl (C=O) groups is 2. The summed E-state index contributed by atoms with van der Waals surface area (Å²) in [6, 6.07) is 6.40. The van der Waals surface area contributed by atoms with Gasteiger partial charge in [0, 0.05) is 23.9 Å². The lowest BCUT2D eigenvalue weighted by molar-refractivity contribution is -0.174. The normalized spacial score (nSPS) is 19.1. The second-order valence-electron chi connectivity index (χ2n) is 7.18. The standard InChI is InChI=1S/C21H22O7/c1-6-11(2)20(24)27-18-16-14(25-19(18)21(4,5)28-12(3)22)9-7-13-8-10-15(23)26-17(13)16/h6-10,18-19H,1-5H3/b11-6-/t18-,19+/m0/s1. The van der Waals surface area contributed by atoms with E-state index in [0.717, 1.165) is 0 Å². The van der Waals surface area contributed by atoms with Gasteiger partial charge in [0.2, 0.25) is 0 Å². The van der Waals surface area contributed by atoms with Gasteiger partial charge in [0.25, 0.3) is 0 Å². The second-order valence-corrected chi connectivity index (χ2v) is 7.18. The molecule has 0 saturated heterocycles. The van der Waals surface area contributed by atoms with Crippen molar-refractivity contribution in [3.8, 4) is 5.75 Å². The molecule has 1 aromatic carbocycles. The maximum absolute atomic E-state index is 12.5. The summed E-state index contributed by atoms with van der Waals surface area (Å²) in [6.07, 6.45) is -0.119. The van der Waals surface area contributed by atoms with Gasteiger partial charge >= 0.3 is 17.6 Å². The van der Waals surface area contributed by atoms with Gasteiger partial charge in [0.05, 0.1) is 5.56 Å². The molecule has 2 aromatic rings. The Kier molecular flexibility index (Phi) is 5.02. The van der Waals surface area contributed by atoms with Crippen LogP contribution in [0, 0.1) is 0 Å². The Morgan fingerprint density at radius 2 is 1.82 bits per heavy atom. The summed E-state index contributed by atoms with van der Waals surface area (Å²) in [5.41, 5.74) is -0.502. The van der Waals surface area contributed by atoms with Gasteiger partial charge in [-0.05, 0) is 45.9 Å². The van der Waals surface area contributed by atoms with Crippen molar-refractivity contribution in [2.75, 3.05) is 0 Å². The highest BCUT2D eigenvalue weighted by Crippen LogP contribution is 2.47. The van der Waals surface area contributed by atoms with Gasteiger partial charge in [-0.25, -0.2) is 9.59 Å². The summed E-state index contributed by atoms with van der Waals surface area (Å²) < 4.78 is 22.6. The van der Waals surface area contributed by atoms with Crippen molar-refractivity contribution in [2.24, 2.45) is 0 Å². The summed E-state index contributed by atoms with van der Waals surface area (Å²) in [5.74, 6) is -0.624. The van der Waals surface area contributed by atoms with E-state index in [0.29, 0.717) is 22.3 Å². The van der Waals surface area contributed by atoms with Crippen LogP contribution in [0.1, 0.15) is 46.3 Å². The quantitative estimate of drug-likeness (QED) is 0.451. The lowest BCUT2D eigenvalue weighted by atomic mass is 9.93. The van der Waals surface area contributed by atoms with Crippen LogP contribution in [0.2, 0.25) is 0 Å². The molecule has 0 unspecified atom stereocenters. The third-order valence-corrected chi connectivity index (χ3v) is 4.68. The van der Waals surface area contributed by atoms with Crippen LogP contribution < -0.4 is 10.4 Å². The number of fused-ring (bicyclic) bond motifs is 3. The molecule has 1 aliphatic rings. The Hall–Kier alpha value is -3.09. The number of carbonyl (C=O) groups excluding carboxylic acids is 2. The van der Waals surface area contributed by atoms with Crippen LogP contribution in [0.3, 0.4) is 0 Å². The zero-order valence-electron chi connectivity index (χ0n) is 16.4. The molecular formula is C21H22O7. The van der Waals surface area contributed by atoms with Crippen molar-refractivity contribution in [1.29, 1.82) is 0 Å². The Bertz CT molecular complexity index is 1030. The first-order valence-corrected chi connectivity index (χ1v) is 8.91. The van der Waals surface area contributed by atoms with E-state index in [2.05, 4.69) is 0 Å². The fourth-order valence-corrected chi connectivity index (χ4v) is 3.24. The van der Waals surface area contributed by atoms with E-state index in [4.69, 9.17) is 18.6 Å². The van der Waals surface area contributed by atoms with Crippen molar-refractivity contribution in [3.63, 3.8) is 0 Å². The maximum atomic E-state index is 12.5. The minimum atomic E-state index is -1.11. The molecule has 0 bridgehead atoms. The van der Waals surface area contributed by atoms with Crippen molar-refractivity contribution in [3.05, 3.63) is 51.9 Å². The average molecular weight is 386 g/mol. The molecule has 1 aliphatic heterocycles. The van der Waals surface area contributed by atoms with E-state index >= 15 is 0 Å².